The third-order valence-electron chi connectivity index (χ3n) is 3.98. The number of rotatable bonds is 20. The third-order valence-corrected chi connectivity index (χ3v) is 3.98. The fraction of sp³-hybridized carbons (Fsp3) is 0.727. The number of carbonyl (C=O) groups excluding carboxylic acids is 2. The highest BCUT2D eigenvalue weighted by atomic mass is 16.6. The third kappa shape index (κ3) is 20.7. The Morgan fingerprint density at radius 1 is 0.793 bits per heavy atom. The molecule has 0 spiro atoms. The van der Waals surface area contributed by atoms with Crippen molar-refractivity contribution in [3.05, 3.63) is 24.8 Å². The summed E-state index contributed by atoms with van der Waals surface area (Å²) in [6, 6.07) is 0. The van der Waals surface area contributed by atoms with Gasteiger partial charge in [0.1, 0.15) is 6.61 Å². The maximum atomic E-state index is 11.5. The lowest BCUT2D eigenvalue weighted by molar-refractivity contribution is -0.140. The summed E-state index contributed by atoms with van der Waals surface area (Å²) in [7, 11) is 0. The summed E-state index contributed by atoms with van der Waals surface area (Å²) in [5.74, 6) is -0.419. The van der Waals surface area contributed by atoms with Gasteiger partial charge in [-0.3, -0.25) is 0 Å². The fourth-order valence-electron chi connectivity index (χ4n) is 2.35. The molecule has 7 nitrogen and oxygen atoms in total. The smallest absolute Gasteiger partial charge is 0.407 e. The zero-order valence-electron chi connectivity index (χ0n) is 18.0. The minimum absolute atomic E-state index is 0.189. The molecule has 0 heterocycles. The zero-order chi connectivity index (χ0) is 21.6. The van der Waals surface area contributed by atoms with E-state index in [0.29, 0.717) is 45.2 Å². The van der Waals surface area contributed by atoms with Crippen molar-refractivity contribution in [1.82, 2.24) is 5.32 Å². The summed E-state index contributed by atoms with van der Waals surface area (Å²) in [4.78, 5) is 22.6. The average molecular weight is 414 g/mol. The Morgan fingerprint density at radius 2 is 1.38 bits per heavy atom. The van der Waals surface area contributed by atoms with Crippen LogP contribution in [0.5, 0.6) is 0 Å². The van der Waals surface area contributed by atoms with Crippen molar-refractivity contribution in [2.24, 2.45) is 0 Å². The molecule has 0 bridgehead atoms. The van der Waals surface area contributed by atoms with Gasteiger partial charge in [0, 0.05) is 12.1 Å². The van der Waals surface area contributed by atoms with E-state index < -0.39 is 12.1 Å². The maximum Gasteiger partial charge on any atom is 0.407 e. The van der Waals surface area contributed by atoms with Gasteiger partial charge in [-0.05, 0) is 26.2 Å². The number of esters is 1. The largest absolute Gasteiger partial charge is 0.460 e. The van der Waals surface area contributed by atoms with Gasteiger partial charge in [-0.25, -0.2) is 9.59 Å². The zero-order valence-corrected chi connectivity index (χ0v) is 18.0. The second-order valence-corrected chi connectivity index (χ2v) is 6.76. The molecular weight excluding hydrogens is 374 g/mol. The van der Waals surface area contributed by atoms with Crippen molar-refractivity contribution >= 4 is 12.1 Å². The molecule has 1 N–H and O–H groups in total. The number of alkyl carbamates (subject to hydrolysis) is 1. The van der Waals surface area contributed by atoms with Crippen molar-refractivity contribution in [2.45, 2.75) is 58.3 Å². The number of ether oxygens (including phenoxy) is 4. The van der Waals surface area contributed by atoms with E-state index in [-0.39, 0.29) is 6.61 Å². The Kier molecular flexibility index (Phi) is 19.5. The number of hydrogen-bond donors (Lipinski definition) is 1. The van der Waals surface area contributed by atoms with Gasteiger partial charge in [0.15, 0.2) is 0 Å². The summed E-state index contributed by atoms with van der Waals surface area (Å²) < 4.78 is 20.6. The van der Waals surface area contributed by atoms with Gasteiger partial charge in [-0.15, -0.1) is 6.58 Å². The summed E-state index contributed by atoms with van der Waals surface area (Å²) >= 11 is 0. The van der Waals surface area contributed by atoms with Crippen molar-refractivity contribution in [3.63, 3.8) is 0 Å². The van der Waals surface area contributed by atoms with Crippen LogP contribution in [0.25, 0.3) is 0 Å². The molecule has 0 aromatic heterocycles. The van der Waals surface area contributed by atoms with E-state index >= 15 is 0 Å². The molecule has 0 saturated carbocycles. The van der Waals surface area contributed by atoms with Gasteiger partial charge in [0.05, 0.1) is 33.0 Å². The first-order valence-corrected chi connectivity index (χ1v) is 10.6. The van der Waals surface area contributed by atoms with Crippen LogP contribution < -0.4 is 5.32 Å². The Bertz CT molecular complexity index is 453. The van der Waals surface area contributed by atoms with Crippen LogP contribution in [-0.2, 0) is 23.7 Å². The van der Waals surface area contributed by atoms with E-state index in [1.54, 1.807) is 6.92 Å². The first kappa shape index (κ1) is 27.1. The van der Waals surface area contributed by atoms with E-state index in [4.69, 9.17) is 18.9 Å². The Labute approximate surface area is 175 Å². The molecule has 0 aliphatic heterocycles. The molecule has 0 aliphatic rings. The van der Waals surface area contributed by atoms with Crippen molar-refractivity contribution < 1.29 is 28.5 Å². The van der Waals surface area contributed by atoms with Gasteiger partial charge in [-0.2, -0.15) is 0 Å². The van der Waals surface area contributed by atoms with E-state index in [2.05, 4.69) is 18.5 Å². The van der Waals surface area contributed by atoms with E-state index in [0.717, 1.165) is 19.3 Å². The van der Waals surface area contributed by atoms with Gasteiger partial charge < -0.3 is 24.3 Å². The number of allylic oxidation sites excluding steroid dienone is 1. The fourth-order valence-corrected chi connectivity index (χ4v) is 2.35. The summed E-state index contributed by atoms with van der Waals surface area (Å²) in [6.45, 7) is 11.3. The first-order chi connectivity index (χ1) is 14.1. The lowest BCUT2D eigenvalue weighted by atomic mass is 10.1. The van der Waals surface area contributed by atoms with Crippen LogP contribution in [0.1, 0.15) is 58.3 Å². The van der Waals surface area contributed by atoms with Crippen LogP contribution in [-0.4, -0.2) is 58.2 Å². The van der Waals surface area contributed by atoms with E-state index in [1.165, 1.54) is 32.1 Å². The highest BCUT2D eigenvalue weighted by Crippen LogP contribution is 2.08. The standard InChI is InChI=1S/C22H39NO6/c1-4-5-6-7-8-9-10-11-12-14-29-22(25)23-13-15-26-16-17-27-18-19-28-21(24)20(2)3/h4H,1-2,5-19H2,3H3,(H,23,25). The molecule has 168 valence electrons. The summed E-state index contributed by atoms with van der Waals surface area (Å²) in [6.07, 6.45) is 10.8. The monoisotopic (exact) mass is 413 g/mol. The molecule has 1 amide bonds. The van der Waals surface area contributed by atoms with Crippen molar-refractivity contribution in [2.75, 3.05) is 46.2 Å². The molecular formula is C22H39NO6. The molecule has 0 saturated heterocycles. The molecule has 0 radical (unpaired) electrons. The highest BCUT2D eigenvalue weighted by molar-refractivity contribution is 5.86. The lowest BCUT2D eigenvalue weighted by Crippen LogP contribution is -2.28. The van der Waals surface area contributed by atoms with Crippen LogP contribution >= 0.6 is 0 Å². The molecule has 0 rings (SSSR count). The van der Waals surface area contributed by atoms with Crippen LogP contribution in [0.2, 0.25) is 0 Å². The Balaban J connectivity index is 3.23. The summed E-state index contributed by atoms with van der Waals surface area (Å²) in [5, 5.41) is 2.65. The van der Waals surface area contributed by atoms with Crippen molar-refractivity contribution in [1.29, 1.82) is 0 Å². The second kappa shape index (κ2) is 20.9. The molecule has 0 unspecified atom stereocenters. The summed E-state index contributed by atoms with van der Waals surface area (Å²) in [5.41, 5.74) is 0.366. The SMILES string of the molecule is C=CCCCCCCCCCOC(=O)NCCOCCOCCOC(=O)C(=C)C. The quantitative estimate of drug-likeness (QED) is 0.140. The molecule has 7 heteroatoms. The molecule has 29 heavy (non-hydrogen) atoms. The maximum absolute atomic E-state index is 11.5. The predicted molar refractivity (Wildman–Crippen MR) is 114 cm³/mol. The van der Waals surface area contributed by atoms with Crippen LogP contribution in [0.3, 0.4) is 0 Å². The Morgan fingerprint density at radius 3 is 2.03 bits per heavy atom. The van der Waals surface area contributed by atoms with Crippen LogP contribution in [0, 0.1) is 0 Å². The topological polar surface area (TPSA) is 83.1 Å². The number of amides is 1. The first-order valence-electron chi connectivity index (χ1n) is 10.6. The normalized spacial score (nSPS) is 10.4. The number of unbranched alkanes of at least 4 members (excludes halogenated alkanes) is 7. The van der Waals surface area contributed by atoms with Gasteiger partial charge in [-0.1, -0.05) is 44.8 Å². The molecule has 0 fully saturated rings. The van der Waals surface area contributed by atoms with Gasteiger partial charge in [0.25, 0.3) is 0 Å². The lowest BCUT2D eigenvalue weighted by Gasteiger charge is -2.08. The van der Waals surface area contributed by atoms with Crippen LogP contribution in [0.4, 0.5) is 4.79 Å². The number of nitrogens with one attached hydrogen (secondary N) is 1. The minimum atomic E-state index is -0.419. The number of carbonyl (C=O) groups is 2. The second-order valence-electron chi connectivity index (χ2n) is 6.76. The molecule has 0 aromatic carbocycles. The van der Waals surface area contributed by atoms with Crippen LogP contribution in [0.15, 0.2) is 24.8 Å². The Hall–Kier alpha value is -1.86. The molecule has 0 atom stereocenters. The average Bonchev–Trinajstić information content (AvgIpc) is 2.70. The molecule has 0 aromatic rings. The molecule has 0 aliphatic carbocycles. The van der Waals surface area contributed by atoms with E-state index in [9.17, 15) is 9.59 Å². The highest BCUT2D eigenvalue weighted by Gasteiger charge is 2.02. The van der Waals surface area contributed by atoms with Gasteiger partial charge in [0.2, 0.25) is 0 Å². The van der Waals surface area contributed by atoms with E-state index in [1.807, 2.05) is 6.08 Å². The van der Waals surface area contributed by atoms with Crippen molar-refractivity contribution in [3.8, 4) is 0 Å². The van der Waals surface area contributed by atoms with Gasteiger partial charge >= 0.3 is 12.1 Å². The minimum Gasteiger partial charge on any atom is -0.460 e. The number of hydrogen-bond acceptors (Lipinski definition) is 6. The predicted octanol–water partition coefficient (Wildman–Crippen LogP) is 4.17.